The highest BCUT2D eigenvalue weighted by Gasteiger charge is 2.54. The molecule has 2 aliphatic carbocycles. The van der Waals surface area contributed by atoms with Crippen LogP contribution in [0.5, 0.6) is 0 Å². The average Bonchev–Trinajstić information content (AvgIpc) is 3.18. The third-order valence-electron chi connectivity index (χ3n) is 5.73. The van der Waals surface area contributed by atoms with Crippen LogP contribution < -0.4 is 0 Å². The molecule has 2 fully saturated rings. The molecule has 5 unspecified atom stereocenters. The lowest BCUT2D eigenvalue weighted by atomic mass is 9.79. The van der Waals surface area contributed by atoms with Crippen molar-refractivity contribution in [2.45, 2.75) is 52.6 Å². The molecule has 2 saturated carbocycles. The highest BCUT2D eigenvalue weighted by molar-refractivity contribution is 5.82. The van der Waals surface area contributed by atoms with Gasteiger partial charge in [-0.3, -0.25) is 14.4 Å². The Morgan fingerprint density at radius 1 is 1.08 bits per heavy atom. The number of carboxylic acids is 1. The number of aliphatic hydroxyl groups excluding tert-OH is 1. The van der Waals surface area contributed by atoms with Gasteiger partial charge in [-0.15, -0.1) is 0 Å². The topological polar surface area (TPSA) is 110 Å². The van der Waals surface area contributed by atoms with Crippen LogP contribution in [0.1, 0.15) is 46.5 Å². The third kappa shape index (κ3) is 4.32. The largest absolute Gasteiger partial charge is 0.481 e. The SMILES string of the molecule is CCC(C)(C)C(=O)OCC(O)COC(=O)C1C2CCC(C2)C1C(=O)O. The first-order valence-electron chi connectivity index (χ1n) is 8.92. The number of hydrogen-bond donors (Lipinski definition) is 2. The molecular formula is C18H28O7. The van der Waals surface area contributed by atoms with E-state index in [9.17, 15) is 24.6 Å². The highest BCUT2D eigenvalue weighted by atomic mass is 16.6. The van der Waals surface area contributed by atoms with E-state index in [1.165, 1.54) is 0 Å². The fourth-order valence-corrected chi connectivity index (χ4v) is 3.82. The van der Waals surface area contributed by atoms with Gasteiger partial charge in [-0.25, -0.2) is 0 Å². The van der Waals surface area contributed by atoms with E-state index < -0.39 is 41.3 Å². The van der Waals surface area contributed by atoms with Crippen LogP contribution in [0.25, 0.3) is 0 Å². The van der Waals surface area contributed by atoms with E-state index in [1.807, 2.05) is 6.92 Å². The van der Waals surface area contributed by atoms with Gasteiger partial charge in [0.05, 0.1) is 17.3 Å². The minimum Gasteiger partial charge on any atom is -0.481 e. The number of fused-ring (bicyclic) bond motifs is 2. The summed E-state index contributed by atoms with van der Waals surface area (Å²) < 4.78 is 10.2. The van der Waals surface area contributed by atoms with Crippen molar-refractivity contribution < 1.29 is 34.1 Å². The smallest absolute Gasteiger partial charge is 0.311 e. The molecule has 2 rings (SSSR count). The maximum Gasteiger partial charge on any atom is 0.311 e. The second-order valence-electron chi connectivity index (χ2n) is 7.84. The Balaban J connectivity index is 1.80. The Morgan fingerprint density at radius 2 is 1.64 bits per heavy atom. The maximum absolute atomic E-state index is 12.3. The van der Waals surface area contributed by atoms with Gasteiger partial charge in [-0.05, 0) is 51.4 Å². The van der Waals surface area contributed by atoms with E-state index in [2.05, 4.69) is 0 Å². The van der Waals surface area contributed by atoms with Gasteiger partial charge in [0, 0.05) is 0 Å². The molecule has 0 aliphatic heterocycles. The first kappa shape index (κ1) is 19.7. The van der Waals surface area contributed by atoms with Crippen molar-refractivity contribution in [3.63, 3.8) is 0 Å². The van der Waals surface area contributed by atoms with E-state index in [0.29, 0.717) is 6.42 Å². The monoisotopic (exact) mass is 356 g/mol. The molecular weight excluding hydrogens is 328 g/mol. The van der Waals surface area contributed by atoms with Crippen molar-refractivity contribution in [2.24, 2.45) is 29.1 Å². The second kappa shape index (κ2) is 7.72. The van der Waals surface area contributed by atoms with E-state index in [1.54, 1.807) is 13.8 Å². The zero-order valence-electron chi connectivity index (χ0n) is 15.1. The van der Waals surface area contributed by atoms with Gasteiger partial charge in [0.15, 0.2) is 0 Å². The minimum atomic E-state index is -1.12. The van der Waals surface area contributed by atoms with Crippen LogP contribution >= 0.6 is 0 Å². The Labute approximate surface area is 147 Å². The summed E-state index contributed by atoms with van der Waals surface area (Å²) in [5, 5.41) is 19.2. The molecule has 2 aliphatic rings. The third-order valence-corrected chi connectivity index (χ3v) is 5.73. The van der Waals surface area contributed by atoms with Crippen LogP contribution in [0.4, 0.5) is 0 Å². The molecule has 142 valence electrons. The first-order chi connectivity index (χ1) is 11.7. The molecule has 0 aromatic heterocycles. The second-order valence-corrected chi connectivity index (χ2v) is 7.84. The Bertz CT molecular complexity index is 528. The van der Waals surface area contributed by atoms with Crippen molar-refractivity contribution >= 4 is 17.9 Å². The molecule has 0 spiro atoms. The van der Waals surface area contributed by atoms with Gasteiger partial charge in [0.1, 0.15) is 19.3 Å². The number of carboxylic acid groups (broad SMARTS) is 1. The molecule has 0 aromatic rings. The molecule has 5 atom stereocenters. The Kier molecular flexibility index (Phi) is 6.08. The number of rotatable bonds is 8. The zero-order valence-corrected chi connectivity index (χ0v) is 15.1. The average molecular weight is 356 g/mol. The molecule has 0 radical (unpaired) electrons. The summed E-state index contributed by atoms with van der Waals surface area (Å²) in [5.41, 5.74) is -0.631. The lowest BCUT2D eigenvalue weighted by Gasteiger charge is -2.26. The molecule has 7 nitrogen and oxygen atoms in total. The summed E-state index contributed by atoms with van der Waals surface area (Å²) in [5.74, 6) is -3.17. The van der Waals surface area contributed by atoms with E-state index in [0.717, 1.165) is 19.3 Å². The molecule has 25 heavy (non-hydrogen) atoms. The fourth-order valence-electron chi connectivity index (χ4n) is 3.82. The number of ether oxygens (including phenoxy) is 2. The van der Waals surface area contributed by atoms with Gasteiger partial charge in [0.25, 0.3) is 0 Å². The summed E-state index contributed by atoms with van der Waals surface area (Å²) >= 11 is 0. The van der Waals surface area contributed by atoms with Gasteiger partial charge >= 0.3 is 17.9 Å². The van der Waals surface area contributed by atoms with Crippen molar-refractivity contribution in [1.29, 1.82) is 0 Å². The lowest BCUT2D eigenvalue weighted by Crippen LogP contribution is -2.37. The number of carbonyl (C=O) groups is 3. The van der Waals surface area contributed by atoms with Gasteiger partial charge < -0.3 is 19.7 Å². The van der Waals surface area contributed by atoms with Crippen LogP contribution in [0.3, 0.4) is 0 Å². The van der Waals surface area contributed by atoms with Crippen LogP contribution in [0.2, 0.25) is 0 Å². The number of hydrogen-bond acceptors (Lipinski definition) is 6. The van der Waals surface area contributed by atoms with Gasteiger partial charge in [0.2, 0.25) is 0 Å². The van der Waals surface area contributed by atoms with Crippen LogP contribution in [0.15, 0.2) is 0 Å². The summed E-state index contributed by atoms with van der Waals surface area (Å²) in [6.45, 7) is 4.81. The van der Waals surface area contributed by atoms with Crippen molar-refractivity contribution in [3.8, 4) is 0 Å². The van der Waals surface area contributed by atoms with Gasteiger partial charge in [-0.2, -0.15) is 0 Å². The fraction of sp³-hybridized carbons (Fsp3) is 0.833. The summed E-state index contributed by atoms with van der Waals surface area (Å²) in [6.07, 6.45) is 1.93. The maximum atomic E-state index is 12.3. The number of aliphatic hydroxyl groups is 1. The standard InChI is InChI=1S/C18H28O7/c1-4-18(2,3)17(23)25-9-12(19)8-24-16(22)14-11-6-5-10(7-11)13(14)15(20)21/h10-14,19H,4-9H2,1-3H3,(H,20,21). The molecule has 2 N–H and O–H groups in total. The van der Waals surface area contributed by atoms with E-state index in [4.69, 9.17) is 9.47 Å². The first-order valence-corrected chi connectivity index (χ1v) is 8.92. The van der Waals surface area contributed by atoms with Crippen LogP contribution in [0, 0.1) is 29.1 Å². The molecule has 0 aromatic carbocycles. The summed E-state index contributed by atoms with van der Waals surface area (Å²) in [7, 11) is 0. The number of carbonyl (C=O) groups excluding carboxylic acids is 2. The van der Waals surface area contributed by atoms with Crippen molar-refractivity contribution in [1.82, 2.24) is 0 Å². The van der Waals surface area contributed by atoms with Crippen LogP contribution in [-0.2, 0) is 23.9 Å². The lowest BCUT2D eigenvalue weighted by molar-refractivity contribution is -0.165. The van der Waals surface area contributed by atoms with E-state index in [-0.39, 0.29) is 25.0 Å². The predicted octanol–water partition coefficient (Wildman–Crippen LogP) is 1.62. The van der Waals surface area contributed by atoms with Gasteiger partial charge in [-0.1, -0.05) is 6.92 Å². The molecule has 7 heteroatoms. The Hall–Kier alpha value is -1.63. The molecule has 0 amide bonds. The normalized spacial score (nSPS) is 29.3. The van der Waals surface area contributed by atoms with E-state index >= 15 is 0 Å². The quantitative estimate of drug-likeness (QED) is 0.636. The van der Waals surface area contributed by atoms with Crippen molar-refractivity contribution in [2.75, 3.05) is 13.2 Å². The minimum absolute atomic E-state index is 0.0437. The molecule has 2 bridgehead atoms. The number of aliphatic carboxylic acids is 1. The predicted molar refractivity (Wildman–Crippen MR) is 87.4 cm³/mol. The summed E-state index contributed by atoms with van der Waals surface area (Å²) in [4.78, 5) is 35.6. The zero-order chi connectivity index (χ0) is 18.8. The van der Waals surface area contributed by atoms with Crippen molar-refractivity contribution in [3.05, 3.63) is 0 Å². The Morgan fingerprint density at radius 3 is 2.20 bits per heavy atom. The molecule has 0 saturated heterocycles. The summed E-state index contributed by atoms with van der Waals surface area (Å²) in [6, 6.07) is 0. The molecule has 0 heterocycles. The number of esters is 2. The van der Waals surface area contributed by atoms with Crippen LogP contribution in [-0.4, -0.2) is 47.4 Å². The highest BCUT2D eigenvalue weighted by Crippen LogP contribution is 2.52.